The molecule has 0 atom stereocenters. The van der Waals surface area contributed by atoms with Crippen molar-refractivity contribution in [1.82, 2.24) is 0 Å². The SMILES string of the molecule is CS(=O)(=O)CCSc1ccc(Cl)cc1N. The maximum atomic E-state index is 10.9. The van der Waals surface area contributed by atoms with Crippen molar-refractivity contribution < 1.29 is 8.42 Å². The summed E-state index contributed by atoms with van der Waals surface area (Å²) in [4.78, 5) is 0.864. The highest BCUT2D eigenvalue weighted by Gasteiger charge is 2.04. The van der Waals surface area contributed by atoms with E-state index in [4.69, 9.17) is 17.3 Å². The second-order valence-corrected chi connectivity index (χ2v) is 6.99. The molecule has 0 amide bonds. The first kappa shape index (κ1) is 12.7. The molecule has 0 aromatic heterocycles. The van der Waals surface area contributed by atoms with Gasteiger partial charge in [0.05, 0.1) is 5.75 Å². The molecule has 0 unspecified atom stereocenters. The third-order valence-electron chi connectivity index (χ3n) is 1.68. The zero-order chi connectivity index (χ0) is 11.5. The molecule has 0 heterocycles. The number of benzene rings is 1. The fraction of sp³-hybridized carbons (Fsp3) is 0.333. The maximum absolute atomic E-state index is 10.9. The predicted molar refractivity (Wildman–Crippen MR) is 66.3 cm³/mol. The number of nitrogen functional groups attached to an aromatic ring is 1. The molecule has 1 aromatic rings. The Morgan fingerprint density at radius 1 is 1.47 bits per heavy atom. The van der Waals surface area contributed by atoms with Gasteiger partial charge in [0, 0.05) is 27.6 Å². The average molecular weight is 266 g/mol. The molecule has 0 aliphatic heterocycles. The van der Waals surface area contributed by atoms with Gasteiger partial charge in [-0.1, -0.05) is 11.6 Å². The van der Waals surface area contributed by atoms with Crippen molar-refractivity contribution in [3.05, 3.63) is 23.2 Å². The van der Waals surface area contributed by atoms with E-state index in [1.165, 1.54) is 18.0 Å². The van der Waals surface area contributed by atoms with E-state index in [0.717, 1.165) is 4.90 Å². The summed E-state index contributed by atoms with van der Waals surface area (Å²) in [5.74, 6) is 0.657. The Morgan fingerprint density at radius 2 is 2.13 bits per heavy atom. The minimum absolute atomic E-state index is 0.153. The number of hydrogen-bond donors (Lipinski definition) is 1. The monoisotopic (exact) mass is 265 g/mol. The van der Waals surface area contributed by atoms with Crippen LogP contribution in [-0.2, 0) is 9.84 Å². The van der Waals surface area contributed by atoms with Crippen LogP contribution in [0.3, 0.4) is 0 Å². The van der Waals surface area contributed by atoms with Gasteiger partial charge in [-0.2, -0.15) is 0 Å². The molecule has 0 fully saturated rings. The second-order valence-electron chi connectivity index (χ2n) is 3.16. The Morgan fingerprint density at radius 3 is 2.67 bits per heavy atom. The highest BCUT2D eigenvalue weighted by molar-refractivity contribution is 8.00. The molecule has 1 aromatic carbocycles. The van der Waals surface area contributed by atoms with E-state index in [1.807, 2.05) is 0 Å². The molecule has 0 saturated heterocycles. The smallest absolute Gasteiger partial charge is 0.148 e. The fourth-order valence-electron chi connectivity index (χ4n) is 0.954. The largest absolute Gasteiger partial charge is 0.398 e. The Hall–Kier alpha value is -0.390. The van der Waals surface area contributed by atoms with Crippen LogP contribution in [0.25, 0.3) is 0 Å². The third kappa shape index (κ3) is 4.77. The first-order chi connectivity index (χ1) is 6.88. The van der Waals surface area contributed by atoms with Gasteiger partial charge in [0.15, 0.2) is 0 Å². The molecule has 0 aliphatic carbocycles. The topological polar surface area (TPSA) is 60.2 Å². The van der Waals surface area contributed by atoms with Crippen molar-refractivity contribution in [3.8, 4) is 0 Å². The van der Waals surface area contributed by atoms with E-state index in [1.54, 1.807) is 18.2 Å². The van der Waals surface area contributed by atoms with Crippen LogP contribution in [0.4, 0.5) is 5.69 Å². The summed E-state index contributed by atoms with van der Waals surface area (Å²) in [6, 6.07) is 5.19. The van der Waals surface area contributed by atoms with Crippen molar-refractivity contribution >= 4 is 38.9 Å². The third-order valence-corrected chi connectivity index (χ3v) is 4.21. The van der Waals surface area contributed by atoms with E-state index in [9.17, 15) is 8.42 Å². The lowest BCUT2D eigenvalue weighted by atomic mass is 10.3. The number of nitrogens with two attached hydrogens (primary N) is 1. The maximum Gasteiger partial charge on any atom is 0.148 e. The first-order valence-electron chi connectivity index (χ1n) is 4.24. The number of sulfone groups is 1. The number of rotatable bonds is 4. The highest BCUT2D eigenvalue weighted by Crippen LogP contribution is 2.27. The zero-order valence-electron chi connectivity index (χ0n) is 8.23. The van der Waals surface area contributed by atoms with Gasteiger partial charge in [0.25, 0.3) is 0 Å². The van der Waals surface area contributed by atoms with Crippen LogP contribution >= 0.6 is 23.4 Å². The normalized spacial score (nSPS) is 11.6. The van der Waals surface area contributed by atoms with Crippen LogP contribution < -0.4 is 5.73 Å². The van der Waals surface area contributed by atoms with Crippen molar-refractivity contribution in [3.63, 3.8) is 0 Å². The zero-order valence-corrected chi connectivity index (χ0v) is 10.6. The summed E-state index contributed by atoms with van der Waals surface area (Å²) in [5.41, 5.74) is 6.30. The van der Waals surface area contributed by atoms with Crippen LogP contribution in [-0.4, -0.2) is 26.2 Å². The molecular weight excluding hydrogens is 254 g/mol. The molecule has 1 rings (SSSR count). The van der Waals surface area contributed by atoms with Gasteiger partial charge in [-0.3, -0.25) is 0 Å². The van der Waals surface area contributed by atoms with Gasteiger partial charge in [0.1, 0.15) is 9.84 Å². The van der Waals surface area contributed by atoms with E-state index < -0.39 is 9.84 Å². The summed E-state index contributed by atoms with van der Waals surface area (Å²) < 4.78 is 21.8. The van der Waals surface area contributed by atoms with Crippen molar-refractivity contribution in [2.45, 2.75) is 4.90 Å². The molecule has 0 spiro atoms. The average Bonchev–Trinajstić information content (AvgIpc) is 2.07. The van der Waals surface area contributed by atoms with Gasteiger partial charge in [-0.25, -0.2) is 8.42 Å². The summed E-state index contributed by atoms with van der Waals surface area (Å²) in [7, 11) is -2.90. The summed E-state index contributed by atoms with van der Waals surface area (Å²) in [6.07, 6.45) is 1.22. The molecule has 0 bridgehead atoms. The van der Waals surface area contributed by atoms with Gasteiger partial charge in [-0.05, 0) is 18.2 Å². The first-order valence-corrected chi connectivity index (χ1v) is 7.66. The van der Waals surface area contributed by atoms with Gasteiger partial charge in [0.2, 0.25) is 0 Å². The quantitative estimate of drug-likeness (QED) is 0.669. The van der Waals surface area contributed by atoms with E-state index >= 15 is 0 Å². The van der Waals surface area contributed by atoms with Crippen molar-refractivity contribution in [2.24, 2.45) is 0 Å². The number of anilines is 1. The Labute approximate surface area is 98.9 Å². The van der Waals surface area contributed by atoms with Crippen LogP contribution in [0.5, 0.6) is 0 Å². The van der Waals surface area contributed by atoms with Crippen LogP contribution in [0.15, 0.2) is 23.1 Å². The molecule has 0 aliphatic rings. The van der Waals surface area contributed by atoms with Crippen molar-refractivity contribution in [2.75, 3.05) is 23.5 Å². The predicted octanol–water partition coefficient (Wildman–Crippen LogP) is 2.06. The minimum atomic E-state index is -2.90. The summed E-state index contributed by atoms with van der Waals surface area (Å²) in [6.45, 7) is 0. The van der Waals surface area contributed by atoms with Crippen LogP contribution in [0.2, 0.25) is 5.02 Å². The number of thioether (sulfide) groups is 1. The van der Waals surface area contributed by atoms with E-state index in [0.29, 0.717) is 16.5 Å². The van der Waals surface area contributed by atoms with Crippen LogP contribution in [0.1, 0.15) is 0 Å². The lowest BCUT2D eigenvalue weighted by Gasteiger charge is -2.04. The summed E-state index contributed by atoms with van der Waals surface area (Å²) >= 11 is 7.16. The number of halogens is 1. The molecule has 2 N–H and O–H groups in total. The molecule has 15 heavy (non-hydrogen) atoms. The van der Waals surface area contributed by atoms with Gasteiger partial charge < -0.3 is 5.73 Å². The second kappa shape index (κ2) is 5.09. The van der Waals surface area contributed by atoms with Crippen LogP contribution in [0, 0.1) is 0 Å². The Bertz CT molecular complexity index is 445. The molecule has 0 radical (unpaired) electrons. The molecule has 84 valence electrons. The molecule has 0 saturated carbocycles. The summed E-state index contributed by atoms with van der Waals surface area (Å²) in [5, 5.41) is 0.583. The lowest BCUT2D eigenvalue weighted by molar-refractivity contribution is 0.603. The molecule has 3 nitrogen and oxygen atoms in total. The minimum Gasteiger partial charge on any atom is -0.398 e. The van der Waals surface area contributed by atoms with Crippen molar-refractivity contribution in [1.29, 1.82) is 0 Å². The lowest BCUT2D eigenvalue weighted by Crippen LogP contribution is -2.05. The highest BCUT2D eigenvalue weighted by atomic mass is 35.5. The van der Waals surface area contributed by atoms with E-state index in [2.05, 4.69) is 0 Å². The molecule has 6 heteroatoms. The standard InChI is InChI=1S/C9H12ClNO2S2/c1-15(12,13)5-4-14-9-3-2-7(10)6-8(9)11/h2-3,6H,4-5,11H2,1H3. The fourth-order valence-corrected chi connectivity index (χ4v) is 3.29. The van der Waals surface area contributed by atoms with Gasteiger partial charge in [-0.15, -0.1) is 11.8 Å². The Balaban J connectivity index is 2.59. The van der Waals surface area contributed by atoms with E-state index in [-0.39, 0.29) is 5.75 Å². The molecular formula is C9H12ClNO2S2. The Kier molecular flexibility index (Phi) is 4.31. The van der Waals surface area contributed by atoms with Gasteiger partial charge >= 0.3 is 0 Å². The number of hydrogen-bond acceptors (Lipinski definition) is 4.